The Morgan fingerprint density at radius 2 is 1.76 bits per heavy atom. The number of anilines is 2. The molecule has 0 fully saturated rings. The minimum Gasteiger partial charge on any atom is -0.497 e. The number of hydrogen-bond donors (Lipinski definition) is 1. The maximum atomic E-state index is 12.5. The molecule has 1 N–H and O–H groups in total. The molecular formula is C21H28N2O5S. The second-order valence-corrected chi connectivity index (χ2v) is 8.56. The summed E-state index contributed by atoms with van der Waals surface area (Å²) in [6, 6.07) is 12.3. The normalized spacial score (nSPS) is 11.0. The van der Waals surface area contributed by atoms with Gasteiger partial charge in [-0.05, 0) is 42.7 Å². The number of benzene rings is 2. The van der Waals surface area contributed by atoms with Gasteiger partial charge in [0.2, 0.25) is 15.9 Å². The van der Waals surface area contributed by atoms with Crippen LogP contribution < -0.4 is 19.1 Å². The molecule has 1 amide bonds. The fourth-order valence-electron chi connectivity index (χ4n) is 2.84. The van der Waals surface area contributed by atoms with Crippen molar-refractivity contribution in [2.75, 3.05) is 36.6 Å². The lowest BCUT2D eigenvalue weighted by Gasteiger charge is -2.24. The van der Waals surface area contributed by atoms with E-state index in [4.69, 9.17) is 9.47 Å². The minimum atomic E-state index is -3.72. The molecule has 29 heavy (non-hydrogen) atoms. The third kappa shape index (κ3) is 6.39. The van der Waals surface area contributed by atoms with Crippen molar-refractivity contribution in [2.24, 2.45) is 0 Å². The Bertz CT molecular complexity index is 927. The molecular weight excluding hydrogens is 392 g/mol. The number of ether oxygens (including phenoxy) is 2. The maximum Gasteiger partial charge on any atom is 0.245 e. The van der Waals surface area contributed by atoms with Gasteiger partial charge in [-0.15, -0.1) is 0 Å². The van der Waals surface area contributed by atoms with Crippen molar-refractivity contribution in [1.29, 1.82) is 0 Å². The van der Waals surface area contributed by atoms with E-state index in [9.17, 15) is 13.2 Å². The first-order valence-corrected chi connectivity index (χ1v) is 11.2. The van der Waals surface area contributed by atoms with Gasteiger partial charge in [0, 0.05) is 11.8 Å². The SMILES string of the molecule is CCCCc1ccc(NC(=O)CN(c2ccc(OC)cc2OC)S(C)(=O)=O)cc1. The van der Waals surface area contributed by atoms with Crippen LogP contribution in [0.5, 0.6) is 11.5 Å². The van der Waals surface area contributed by atoms with Gasteiger partial charge in [-0.25, -0.2) is 8.42 Å². The summed E-state index contributed by atoms with van der Waals surface area (Å²) in [6.45, 7) is 1.76. The van der Waals surface area contributed by atoms with Crippen LogP contribution in [0.2, 0.25) is 0 Å². The summed E-state index contributed by atoms with van der Waals surface area (Å²) in [7, 11) is -0.790. The molecule has 0 aliphatic heterocycles. The highest BCUT2D eigenvalue weighted by Crippen LogP contribution is 2.33. The molecule has 0 bridgehead atoms. The molecule has 2 rings (SSSR count). The summed E-state index contributed by atoms with van der Waals surface area (Å²) < 4.78 is 36.1. The van der Waals surface area contributed by atoms with Gasteiger partial charge in [0.05, 0.1) is 26.2 Å². The highest BCUT2D eigenvalue weighted by molar-refractivity contribution is 7.92. The minimum absolute atomic E-state index is 0.265. The quantitative estimate of drug-likeness (QED) is 0.636. The van der Waals surface area contributed by atoms with E-state index in [0.29, 0.717) is 17.2 Å². The first-order valence-electron chi connectivity index (χ1n) is 9.37. The van der Waals surface area contributed by atoms with Gasteiger partial charge in [0.25, 0.3) is 0 Å². The number of carbonyl (C=O) groups excluding carboxylic acids is 1. The van der Waals surface area contributed by atoms with Crippen molar-refractivity contribution in [2.45, 2.75) is 26.2 Å². The van der Waals surface area contributed by atoms with Gasteiger partial charge in [-0.3, -0.25) is 9.10 Å². The molecule has 8 heteroatoms. The lowest BCUT2D eigenvalue weighted by atomic mass is 10.1. The third-order valence-electron chi connectivity index (χ3n) is 4.40. The lowest BCUT2D eigenvalue weighted by molar-refractivity contribution is -0.114. The molecule has 0 spiro atoms. The van der Waals surface area contributed by atoms with Crippen LogP contribution in [-0.4, -0.2) is 41.3 Å². The maximum absolute atomic E-state index is 12.5. The molecule has 0 aliphatic carbocycles. The highest BCUT2D eigenvalue weighted by Gasteiger charge is 2.24. The fraction of sp³-hybridized carbons (Fsp3) is 0.381. The number of aryl methyl sites for hydroxylation is 1. The Morgan fingerprint density at radius 3 is 2.31 bits per heavy atom. The summed E-state index contributed by atoms with van der Waals surface area (Å²) in [4.78, 5) is 12.5. The third-order valence-corrected chi connectivity index (χ3v) is 5.53. The largest absolute Gasteiger partial charge is 0.497 e. The van der Waals surface area contributed by atoms with E-state index in [1.165, 1.54) is 19.8 Å². The van der Waals surface area contributed by atoms with Gasteiger partial charge >= 0.3 is 0 Å². The predicted octanol–water partition coefficient (Wildman–Crippen LogP) is 3.45. The zero-order valence-corrected chi connectivity index (χ0v) is 18.1. The number of nitrogens with zero attached hydrogens (tertiary/aromatic N) is 1. The molecule has 2 aromatic carbocycles. The van der Waals surface area contributed by atoms with Crippen molar-refractivity contribution in [3.05, 3.63) is 48.0 Å². The Kier molecular flexibility index (Phi) is 7.90. The number of amides is 1. The van der Waals surface area contributed by atoms with Crippen LogP contribution in [0.3, 0.4) is 0 Å². The average Bonchev–Trinajstić information content (AvgIpc) is 2.70. The summed E-state index contributed by atoms with van der Waals surface area (Å²) in [6.07, 6.45) is 4.27. The zero-order valence-electron chi connectivity index (χ0n) is 17.3. The number of sulfonamides is 1. The van der Waals surface area contributed by atoms with E-state index < -0.39 is 15.9 Å². The predicted molar refractivity (Wildman–Crippen MR) is 115 cm³/mol. The van der Waals surface area contributed by atoms with Crippen LogP contribution in [0, 0.1) is 0 Å². The molecule has 0 aromatic heterocycles. The van der Waals surface area contributed by atoms with Crippen LogP contribution in [0.4, 0.5) is 11.4 Å². The second-order valence-electron chi connectivity index (χ2n) is 6.66. The Labute approximate surface area is 172 Å². The van der Waals surface area contributed by atoms with Gasteiger partial charge in [-0.1, -0.05) is 25.5 Å². The van der Waals surface area contributed by atoms with Crippen LogP contribution in [0.15, 0.2) is 42.5 Å². The van der Waals surface area contributed by atoms with Crippen molar-refractivity contribution < 1.29 is 22.7 Å². The monoisotopic (exact) mass is 420 g/mol. The zero-order chi connectivity index (χ0) is 21.4. The molecule has 7 nitrogen and oxygen atoms in total. The molecule has 158 valence electrons. The van der Waals surface area contributed by atoms with E-state index in [1.807, 2.05) is 24.3 Å². The van der Waals surface area contributed by atoms with Gasteiger partial charge in [0.15, 0.2) is 0 Å². The van der Waals surface area contributed by atoms with Crippen LogP contribution >= 0.6 is 0 Å². The number of rotatable bonds is 10. The van der Waals surface area contributed by atoms with E-state index in [2.05, 4.69) is 12.2 Å². The standard InChI is InChI=1S/C21H28N2O5S/c1-5-6-7-16-8-10-17(11-9-16)22-21(24)15-23(29(4,25)26)19-13-12-18(27-2)14-20(19)28-3/h8-14H,5-7,15H2,1-4H3,(H,22,24). The second kappa shape index (κ2) is 10.2. The van der Waals surface area contributed by atoms with Crippen molar-refractivity contribution in [3.63, 3.8) is 0 Å². The van der Waals surface area contributed by atoms with E-state index in [0.717, 1.165) is 29.8 Å². The Balaban J connectivity index is 2.18. The smallest absolute Gasteiger partial charge is 0.245 e. The molecule has 0 atom stereocenters. The molecule has 0 saturated heterocycles. The van der Waals surface area contributed by atoms with Gasteiger partial charge < -0.3 is 14.8 Å². The van der Waals surface area contributed by atoms with Crippen LogP contribution in [0.25, 0.3) is 0 Å². The first kappa shape index (κ1) is 22.5. The molecule has 0 saturated carbocycles. The molecule has 0 unspecified atom stereocenters. The number of nitrogens with one attached hydrogen (secondary N) is 1. The highest BCUT2D eigenvalue weighted by atomic mass is 32.2. The molecule has 0 heterocycles. The molecule has 2 aromatic rings. The first-order chi connectivity index (χ1) is 13.8. The fourth-order valence-corrected chi connectivity index (χ4v) is 3.70. The summed E-state index contributed by atoms with van der Waals surface area (Å²) in [5.41, 5.74) is 2.08. The summed E-state index contributed by atoms with van der Waals surface area (Å²) in [5.74, 6) is 0.365. The van der Waals surface area contributed by atoms with Crippen LogP contribution in [0.1, 0.15) is 25.3 Å². The Hall–Kier alpha value is -2.74. The number of hydrogen-bond acceptors (Lipinski definition) is 5. The van der Waals surface area contributed by atoms with Gasteiger partial charge in [-0.2, -0.15) is 0 Å². The molecule has 0 radical (unpaired) electrons. The van der Waals surface area contributed by atoms with Crippen LogP contribution in [-0.2, 0) is 21.2 Å². The van der Waals surface area contributed by atoms with Crippen molar-refractivity contribution in [3.8, 4) is 11.5 Å². The van der Waals surface area contributed by atoms with E-state index in [-0.39, 0.29) is 12.2 Å². The number of unbranched alkanes of at least 4 members (excludes halogenated alkanes) is 1. The van der Waals surface area contributed by atoms with Crippen molar-refractivity contribution in [1.82, 2.24) is 0 Å². The summed E-state index contributed by atoms with van der Waals surface area (Å²) >= 11 is 0. The lowest BCUT2D eigenvalue weighted by Crippen LogP contribution is -2.37. The van der Waals surface area contributed by atoms with Crippen molar-refractivity contribution >= 4 is 27.3 Å². The Morgan fingerprint density at radius 1 is 1.07 bits per heavy atom. The van der Waals surface area contributed by atoms with E-state index in [1.54, 1.807) is 18.2 Å². The van der Waals surface area contributed by atoms with Gasteiger partial charge in [0.1, 0.15) is 18.0 Å². The number of carbonyl (C=O) groups is 1. The average molecular weight is 421 g/mol. The number of methoxy groups -OCH3 is 2. The summed E-state index contributed by atoms with van der Waals surface area (Å²) in [5, 5.41) is 2.75. The molecule has 0 aliphatic rings. The van der Waals surface area contributed by atoms with E-state index >= 15 is 0 Å². The topological polar surface area (TPSA) is 84.9 Å².